The SMILES string of the molecule is Cc1cc(C)nc(N2C(=O)[C@H](C)S[C@H]2c2c(F)cccc2F)c1. The van der Waals surface area contributed by atoms with Crippen molar-refractivity contribution in [3.05, 3.63) is 58.8 Å². The van der Waals surface area contributed by atoms with Crippen LogP contribution in [0.4, 0.5) is 14.6 Å². The summed E-state index contributed by atoms with van der Waals surface area (Å²) in [6.07, 6.45) is 0. The first kappa shape index (κ1) is 15.9. The molecule has 2 atom stereocenters. The fraction of sp³-hybridized carbons (Fsp3) is 0.294. The first-order valence-electron chi connectivity index (χ1n) is 7.26. The van der Waals surface area contributed by atoms with Gasteiger partial charge in [0.1, 0.15) is 22.8 Å². The van der Waals surface area contributed by atoms with Gasteiger partial charge < -0.3 is 0 Å². The van der Waals surface area contributed by atoms with Crippen LogP contribution in [0.5, 0.6) is 0 Å². The summed E-state index contributed by atoms with van der Waals surface area (Å²) in [5.74, 6) is -1.07. The number of aryl methyl sites for hydroxylation is 2. The van der Waals surface area contributed by atoms with Crippen LogP contribution in [0, 0.1) is 25.5 Å². The number of benzene rings is 1. The van der Waals surface area contributed by atoms with Crippen LogP contribution in [-0.4, -0.2) is 16.1 Å². The molecule has 0 saturated carbocycles. The van der Waals surface area contributed by atoms with Crippen molar-refractivity contribution >= 4 is 23.5 Å². The molecule has 120 valence electrons. The minimum Gasteiger partial charge on any atom is -0.279 e. The fourth-order valence-electron chi connectivity index (χ4n) is 2.74. The number of amides is 1. The molecule has 23 heavy (non-hydrogen) atoms. The summed E-state index contributed by atoms with van der Waals surface area (Å²) in [6.45, 7) is 5.46. The zero-order chi connectivity index (χ0) is 16.7. The molecular weight excluding hydrogens is 318 g/mol. The van der Waals surface area contributed by atoms with Crippen molar-refractivity contribution in [3.63, 3.8) is 0 Å². The van der Waals surface area contributed by atoms with Crippen LogP contribution >= 0.6 is 11.8 Å². The fourth-order valence-corrected chi connectivity index (χ4v) is 4.06. The normalized spacial score (nSPS) is 21.1. The third-order valence-electron chi connectivity index (χ3n) is 3.73. The molecule has 0 N–H and O–H groups in total. The molecule has 0 unspecified atom stereocenters. The molecule has 1 aliphatic heterocycles. The summed E-state index contributed by atoms with van der Waals surface area (Å²) >= 11 is 1.23. The van der Waals surface area contributed by atoms with E-state index in [1.54, 1.807) is 13.0 Å². The Hall–Kier alpha value is -1.95. The molecule has 1 fully saturated rings. The van der Waals surface area contributed by atoms with Gasteiger partial charge in [-0.25, -0.2) is 13.8 Å². The van der Waals surface area contributed by atoms with Crippen molar-refractivity contribution in [2.75, 3.05) is 4.90 Å². The van der Waals surface area contributed by atoms with Gasteiger partial charge >= 0.3 is 0 Å². The van der Waals surface area contributed by atoms with Gasteiger partial charge in [-0.05, 0) is 50.6 Å². The Bertz CT molecular complexity index is 741. The van der Waals surface area contributed by atoms with E-state index in [9.17, 15) is 13.6 Å². The van der Waals surface area contributed by atoms with Crippen molar-refractivity contribution in [3.8, 4) is 0 Å². The molecular formula is C17H16F2N2OS. The van der Waals surface area contributed by atoms with E-state index in [1.165, 1.54) is 34.9 Å². The minimum atomic E-state index is -0.757. The second kappa shape index (κ2) is 5.92. The van der Waals surface area contributed by atoms with Crippen molar-refractivity contribution in [2.45, 2.75) is 31.4 Å². The van der Waals surface area contributed by atoms with Crippen LogP contribution < -0.4 is 4.90 Å². The standard InChI is InChI=1S/C17H16F2N2OS/c1-9-7-10(2)20-14(8-9)21-16(22)11(3)23-17(21)15-12(18)5-4-6-13(15)19/h4-8,11,17H,1-3H3/t11-,17-/m0/s1. The second-order valence-electron chi connectivity index (χ2n) is 5.62. The van der Waals surface area contributed by atoms with Crippen LogP contribution in [0.15, 0.2) is 30.3 Å². The number of thioether (sulfide) groups is 1. The lowest BCUT2D eigenvalue weighted by molar-refractivity contribution is -0.117. The van der Waals surface area contributed by atoms with Crippen LogP contribution in [0.25, 0.3) is 0 Å². The highest BCUT2D eigenvalue weighted by Crippen LogP contribution is 2.46. The highest BCUT2D eigenvalue weighted by atomic mass is 32.2. The lowest BCUT2D eigenvalue weighted by Gasteiger charge is -2.24. The zero-order valence-corrected chi connectivity index (χ0v) is 13.8. The Morgan fingerprint density at radius 2 is 1.83 bits per heavy atom. The largest absolute Gasteiger partial charge is 0.279 e. The number of hydrogen-bond donors (Lipinski definition) is 0. The molecule has 1 aliphatic rings. The first-order valence-corrected chi connectivity index (χ1v) is 8.20. The van der Waals surface area contributed by atoms with Gasteiger partial charge in [0.2, 0.25) is 5.91 Å². The monoisotopic (exact) mass is 334 g/mol. The molecule has 2 heterocycles. The molecule has 1 aromatic carbocycles. The topological polar surface area (TPSA) is 33.2 Å². The molecule has 1 amide bonds. The summed E-state index contributed by atoms with van der Waals surface area (Å²) in [5, 5.41) is -1.14. The maximum Gasteiger partial charge on any atom is 0.242 e. The lowest BCUT2D eigenvalue weighted by Crippen LogP contribution is -2.31. The van der Waals surface area contributed by atoms with Gasteiger partial charge in [-0.15, -0.1) is 11.8 Å². The van der Waals surface area contributed by atoms with E-state index in [2.05, 4.69) is 4.98 Å². The predicted octanol–water partition coefficient (Wildman–Crippen LogP) is 4.14. The van der Waals surface area contributed by atoms with Gasteiger partial charge in [-0.1, -0.05) is 6.07 Å². The van der Waals surface area contributed by atoms with Gasteiger partial charge in [-0.2, -0.15) is 0 Å². The molecule has 0 bridgehead atoms. The van der Waals surface area contributed by atoms with Crippen molar-refractivity contribution in [1.29, 1.82) is 0 Å². The first-order chi connectivity index (χ1) is 10.9. The van der Waals surface area contributed by atoms with E-state index in [0.717, 1.165) is 11.3 Å². The number of rotatable bonds is 2. The summed E-state index contributed by atoms with van der Waals surface area (Å²) in [6, 6.07) is 7.38. The highest BCUT2D eigenvalue weighted by Gasteiger charge is 2.42. The number of carbonyl (C=O) groups is 1. The summed E-state index contributed by atoms with van der Waals surface area (Å²) in [5.41, 5.74) is 1.60. The van der Waals surface area contributed by atoms with Crippen LogP contribution in [0.1, 0.15) is 29.1 Å². The van der Waals surface area contributed by atoms with E-state index in [-0.39, 0.29) is 16.7 Å². The molecule has 0 radical (unpaired) electrons. The number of hydrogen-bond acceptors (Lipinski definition) is 3. The Morgan fingerprint density at radius 3 is 2.43 bits per heavy atom. The van der Waals surface area contributed by atoms with Gasteiger partial charge in [0, 0.05) is 5.69 Å². The van der Waals surface area contributed by atoms with Gasteiger partial charge in [-0.3, -0.25) is 9.69 Å². The lowest BCUT2D eigenvalue weighted by atomic mass is 10.1. The van der Waals surface area contributed by atoms with Gasteiger partial charge in [0.05, 0.1) is 10.8 Å². The molecule has 6 heteroatoms. The van der Waals surface area contributed by atoms with E-state index >= 15 is 0 Å². The Kier molecular flexibility index (Phi) is 4.10. The Labute approximate surface area is 137 Å². The summed E-state index contributed by atoms with van der Waals surface area (Å²) < 4.78 is 28.4. The maximum atomic E-state index is 14.2. The average molecular weight is 334 g/mol. The summed E-state index contributed by atoms with van der Waals surface area (Å²) in [7, 11) is 0. The van der Waals surface area contributed by atoms with Crippen molar-refractivity contribution in [1.82, 2.24) is 4.98 Å². The smallest absolute Gasteiger partial charge is 0.242 e. The van der Waals surface area contributed by atoms with Crippen LogP contribution in [-0.2, 0) is 4.79 Å². The number of pyridine rings is 1. The van der Waals surface area contributed by atoms with E-state index < -0.39 is 17.0 Å². The molecule has 2 aromatic rings. The molecule has 1 aromatic heterocycles. The van der Waals surface area contributed by atoms with E-state index in [1.807, 2.05) is 19.9 Å². The minimum absolute atomic E-state index is 0.101. The van der Waals surface area contributed by atoms with E-state index in [0.29, 0.717) is 5.82 Å². The van der Waals surface area contributed by atoms with Gasteiger partial charge in [0.25, 0.3) is 0 Å². The molecule has 0 aliphatic carbocycles. The number of aromatic nitrogens is 1. The third kappa shape index (κ3) is 2.83. The number of halogens is 2. The molecule has 3 nitrogen and oxygen atoms in total. The highest BCUT2D eigenvalue weighted by molar-refractivity contribution is 8.01. The average Bonchev–Trinajstić information content (AvgIpc) is 2.73. The maximum absolute atomic E-state index is 14.2. The zero-order valence-electron chi connectivity index (χ0n) is 13.0. The number of carbonyl (C=O) groups excluding carboxylic acids is 1. The summed E-state index contributed by atoms with van der Waals surface area (Å²) in [4.78, 5) is 18.3. The van der Waals surface area contributed by atoms with E-state index in [4.69, 9.17) is 0 Å². The Balaban J connectivity index is 2.14. The van der Waals surface area contributed by atoms with Crippen LogP contribution in [0.3, 0.4) is 0 Å². The second-order valence-corrected chi connectivity index (χ2v) is 7.04. The number of nitrogens with zero attached hydrogens (tertiary/aromatic N) is 2. The molecule has 3 rings (SSSR count). The predicted molar refractivity (Wildman–Crippen MR) is 87.3 cm³/mol. The quantitative estimate of drug-likeness (QED) is 0.827. The number of anilines is 1. The Morgan fingerprint density at radius 1 is 1.17 bits per heavy atom. The van der Waals surface area contributed by atoms with Crippen LogP contribution in [0.2, 0.25) is 0 Å². The van der Waals surface area contributed by atoms with Crippen molar-refractivity contribution < 1.29 is 13.6 Å². The molecule has 1 saturated heterocycles. The van der Waals surface area contributed by atoms with Crippen molar-refractivity contribution in [2.24, 2.45) is 0 Å². The molecule has 0 spiro atoms. The van der Waals surface area contributed by atoms with Gasteiger partial charge in [0.15, 0.2) is 0 Å². The third-order valence-corrected chi connectivity index (χ3v) is 5.04.